The second kappa shape index (κ2) is 5.30. The standard InChI is InChI=1S/C12H19N5O/c1-4-9(18)5-17-7-15-10-11(16-8(2)3)13-6-14-12(10)17/h6-9,18H,4-5H2,1-3H3,(H,13,14,16). The Morgan fingerprint density at radius 1 is 1.33 bits per heavy atom. The van der Waals surface area contributed by atoms with Crippen LogP contribution in [0.5, 0.6) is 0 Å². The first kappa shape index (κ1) is 12.8. The molecule has 0 amide bonds. The molecule has 0 bridgehead atoms. The van der Waals surface area contributed by atoms with E-state index >= 15 is 0 Å². The Hall–Kier alpha value is -1.69. The lowest BCUT2D eigenvalue weighted by Crippen LogP contribution is -2.15. The van der Waals surface area contributed by atoms with Gasteiger partial charge in [-0.05, 0) is 20.3 Å². The molecule has 98 valence electrons. The van der Waals surface area contributed by atoms with Crippen molar-refractivity contribution in [1.29, 1.82) is 0 Å². The van der Waals surface area contributed by atoms with E-state index in [9.17, 15) is 5.11 Å². The van der Waals surface area contributed by atoms with Crippen molar-refractivity contribution in [3.8, 4) is 0 Å². The van der Waals surface area contributed by atoms with Crippen LogP contribution in [0.4, 0.5) is 5.82 Å². The summed E-state index contributed by atoms with van der Waals surface area (Å²) < 4.78 is 1.86. The van der Waals surface area contributed by atoms with Crippen LogP contribution in [0.15, 0.2) is 12.7 Å². The molecule has 6 nitrogen and oxygen atoms in total. The van der Waals surface area contributed by atoms with Gasteiger partial charge in [0.05, 0.1) is 19.0 Å². The Bertz CT molecular complexity index is 522. The lowest BCUT2D eigenvalue weighted by Gasteiger charge is -2.10. The van der Waals surface area contributed by atoms with Crippen molar-refractivity contribution in [2.24, 2.45) is 0 Å². The fraction of sp³-hybridized carbons (Fsp3) is 0.583. The van der Waals surface area contributed by atoms with Crippen LogP contribution in [0.25, 0.3) is 11.2 Å². The number of hydrogen-bond acceptors (Lipinski definition) is 5. The van der Waals surface area contributed by atoms with E-state index in [1.165, 1.54) is 6.33 Å². The monoisotopic (exact) mass is 249 g/mol. The number of hydrogen-bond donors (Lipinski definition) is 2. The average molecular weight is 249 g/mol. The highest BCUT2D eigenvalue weighted by Crippen LogP contribution is 2.18. The van der Waals surface area contributed by atoms with Crippen molar-refractivity contribution in [2.45, 2.75) is 45.9 Å². The Kier molecular flexibility index (Phi) is 3.76. The molecule has 18 heavy (non-hydrogen) atoms. The summed E-state index contributed by atoms with van der Waals surface area (Å²) in [5, 5.41) is 12.9. The maximum Gasteiger partial charge on any atom is 0.165 e. The number of anilines is 1. The van der Waals surface area contributed by atoms with Crippen LogP contribution >= 0.6 is 0 Å². The van der Waals surface area contributed by atoms with E-state index in [1.807, 2.05) is 25.3 Å². The Balaban J connectivity index is 2.35. The summed E-state index contributed by atoms with van der Waals surface area (Å²) in [4.78, 5) is 12.8. The molecule has 2 heterocycles. The molecule has 0 spiro atoms. The molecule has 0 aliphatic carbocycles. The average Bonchev–Trinajstić information content (AvgIpc) is 2.73. The van der Waals surface area contributed by atoms with Gasteiger partial charge in [-0.2, -0.15) is 0 Å². The van der Waals surface area contributed by atoms with E-state index in [0.29, 0.717) is 13.0 Å². The van der Waals surface area contributed by atoms with Gasteiger partial charge in [0.15, 0.2) is 11.5 Å². The molecule has 6 heteroatoms. The second-order valence-electron chi connectivity index (χ2n) is 4.65. The third kappa shape index (κ3) is 2.59. The van der Waals surface area contributed by atoms with Crippen LogP contribution in [0.2, 0.25) is 0 Å². The van der Waals surface area contributed by atoms with E-state index in [0.717, 1.165) is 17.0 Å². The first-order valence-corrected chi connectivity index (χ1v) is 6.22. The molecule has 0 aliphatic heterocycles. The van der Waals surface area contributed by atoms with E-state index in [1.54, 1.807) is 6.33 Å². The van der Waals surface area contributed by atoms with E-state index in [-0.39, 0.29) is 12.1 Å². The maximum atomic E-state index is 9.70. The molecule has 2 rings (SSSR count). The van der Waals surface area contributed by atoms with Crippen molar-refractivity contribution in [3.63, 3.8) is 0 Å². The fourth-order valence-corrected chi connectivity index (χ4v) is 1.75. The third-order valence-electron chi connectivity index (χ3n) is 2.71. The van der Waals surface area contributed by atoms with Crippen molar-refractivity contribution < 1.29 is 5.11 Å². The zero-order chi connectivity index (χ0) is 13.1. The second-order valence-corrected chi connectivity index (χ2v) is 4.65. The molecule has 0 radical (unpaired) electrons. The molecular formula is C12H19N5O. The lowest BCUT2D eigenvalue weighted by molar-refractivity contribution is 0.151. The summed E-state index contributed by atoms with van der Waals surface area (Å²) in [7, 11) is 0. The summed E-state index contributed by atoms with van der Waals surface area (Å²) in [6.07, 6.45) is 3.55. The zero-order valence-corrected chi connectivity index (χ0v) is 11.0. The van der Waals surface area contributed by atoms with Crippen molar-refractivity contribution in [1.82, 2.24) is 19.5 Å². The van der Waals surface area contributed by atoms with Gasteiger partial charge in [-0.1, -0.05) is 6.92 Å². The topological polar surface area (TPSA) is 75.9 Å². The number of aliphatic hydroxyl groups excluding tert-OH is 1. The zero-order valence-electron chi connectivity index (χ0n) is 11.0. The summed E-state index contributed by atoms with van der Waals surface area (Å²) in [6, 6.07) is 0.287. The molecule has 0 aromatic carbocycles. The molecule has 2 aromatic heterocycles. The number of aromatic nitrogens is 4. The first-order valence-electron chi connectivity index (χ1n) is 6.22. The van der Waals surface area contributed by atoms with Gasteiger partial charge in [-0.15, -0.1) is 0 Å². The van der Waals surface area contributed by atoms with Crippen LogP contribution in [-0.2, 0) is 6.54 Å². The maximum absolute atomic E-state index is 9.70. The third-order valence-corrected chi connectivity index (χ3v) is 2.71. The quantitative estimate of drug-likeness (QED) is 0.838. The highest BCUT2D eigenvalue weighted by atomic mass is 16.3. The number of nitrogens with zero attached hydrogens (tertiary/aromatic N) is 4. The molecule has 0 fully saturated rings. The number of nitrogens with one attached hydrogen (secondary N) is 1. The van der Waals surface area contributed by atoms with E-state index in [2.05, 4.69) is 20.3 Å². The van der Waals surface area contributed by atoms with Gasteiger partial charge < -0.3 is 15.0 Å². The van der Waals surface area contributed by atoms with Crippen molar-refractivity contribution in [3.05, 3.63) is 12.7 Å². The molecule has 0 aliphatic rings. The lowest BCUT2D eigenvalue weighted by atomic mass is 10.3. The number of rotatable bonds is 5. The Labute approximate surface area is 106 Å². The predicted molar refractivity (Wildman–Crippen MR) is 70.4 cm³/mol. The van der Waals surface area contributed by atoms with Gasteiger partial charge in [0.2, 0.25) is 0 Å². The van der Waals surface area contributed by atoms with Gasteiger partial charge in [0.1, 0.15) is 11.8 Å². The van der Waals surface area contributed by atoms with Crippen LogP contribution in [0, 0.1) is 0 Å². The molecule has 0 saturated heterocycles. The van der Waals surface area contributed by atoms with Crippen molar-refractivity contribution in [2.75, 3.05) is 5.32 Å². The van der Waals surface area contributed by atoms with Gasteiger partial charge in [-0.3, -0.25) is 0 Å². The van der Waals surface area contributed by atoms with Crippen LogP contribution in [0.3, 0.4) is 0 Å². The Morgan fingerprint density at radius 3 is 2.78 bits per heavy atom. The van der Waals surface area contributed by atoms with Gasteiger partial charge >= 0.3 is 0 Å². The minimum absolute atomic E-state index is 0.287. The van der Waals surface area contributed by atoms with E-state index < -0.39 is 0 Å². The van der Waals surface area contributed by atoms with Gasteiger partial charge in [-0.25, -0.2) is 15.0 Å². The fourth-order valence-electron chi connectivity index (χ4n) is 1.75. The largest absolute Gasteiger partial charge is 0.391 e. The molecule has 0 saturated carbocycles. The number of imidazole rings is 1. The molecule has 1 unspecified atom stereocenters. The van der Waals surface area contributed by atoms with E-state index in [4.69, 9.17) is 0 Å². The molecule has 2 N–H and O–H groups in total. The summed E-state index contributed by atoms with van der Waals surface area (Å²) in [5.41, 5.74) is 1.50. The summed E-state index contributed by atoms with van der Waals surface area (Å²) in [6.45, 7) is 6.55. The first-order chi connectivity index (χ1) is 8.61. The minimum Gasteiger partial charge on any atom is -0.391 e. The normalized spacial score (nSPS) is 13.2. The predicted octanol–water partition coefficient (Wildman–Crippen LogP) is 1.42. The van der Waals surface area contributed by atoms with Crippen molar-refractivity contribution >= 4 is 17.0 Å². The van der Waals surface area contributed by atoms with Gasteiger partial charge in [0, 0.05) is 6.04 Å². The SMILES string of the molecule is CCC(O)Cn1cnc2c(NC(C)C)ncnc21. The Morgan fingerprint density at radius 2 is 2.11 bits per heavy atom. The highest BCUT2D eigenvalue weighted by molar-refractivity contribution is 5.82. The minimum atomic E-state index is -0.376. The molecule has 2 aromatic rings. The molecular weight excluding hydrogens is 230 g/mol. The number of aliphatic hydroxyl groups is 1. The van der Waals surface area contributed by atoms with Crippen LogP contribution in [-0.4, -0.2) is 36.8 Å². The highest BCUT2D eigenvalue weighted by Gasteiger charge is 2.12. The summed E-state index contributed by atoms with van der Waals surface area (Å²) in [5.74, 6) is 0.736. The van der Waals surface area contributed by atoms with Gasteiger partial charge in [0.25, 0.3) is 0 Å². The summed E-state index contributed by atoms with van der Waals surface area (Å²) >= 11 is 0. The van der Waals surface area contributed by atoms with Crippen LogP contribution < -0.4 is 5.32 Å². The van der Waals surface area contributed by atoms with Crippen LogP contribution in [0.1, 0.15) is 27.2 Å². The molecule has 1 atom stereocenters. The number of fused-ring (bicyclic) bond motifs is 1. The smallest absolute Gasteiger partial charge is 0.165 e.